The molecule has 0 bridgehead atoms. The second kappa shape index (κ2) is 9.29. The van der Waals surface area contributed by atoms with Crippen molar-refractivity contribution in [3.63, 3.8) is 0 Å². The lowest BCUT2D eigenvalue weighted by Gasteiger charge is -2.61. The highest BCUT2D eigenvalue weighted by atomic mass is 16.5. The van der Waals surface area contributed by atoms with E-state index in [1.807, 2.05) is 0 Å². The highest BCUT2D eigenvalue weighted by Gasteiger charge is 2.60. The van der Waals surface area contributed by atoms with Crippen molar-refractivity contribution in [3.8, 4) is 0 Å². The van der Waals surface area contributed by atoms with Gasteiger partial charge in [-0.05, 0) is 130 Å². The van der Waals surface area contributed by atoms with Crippen LogP contribution in [-0.2, 0) is 4.74 Å². The van der Waals surface area contributed by atoms with Crippen LogP contribution in [0.15, 0.2) is 5.18 Å². The Kier molecular flexibility index (Phi) is 6.75. The van der Waals surface area contributed by atoms with E-state index in [2.05, 4.69) is 19.0 Å². The van der Waals surface area contributed by atoms with Crippen LogP contribution in [-0.4, -0.2) is 30.5 Å². The number of aliphatic hydroxyl groups is 1. The smallest absolute Gasteiger partial charge is 0.0922 e. The van der Waals surface area contributed by atoms with Crippen molar-refractivity contribution in [2.45, 2.75) is 116 Å². The minimum atomic E-state index is -0.120. The first kappa shape index (κ1) is 23.3. The fourth-order valence-electron chi connectivity index (χ4n) is 9.82. The van der Waals surface area contributed by atoms with Crippen LogP contribution in [0, 0.1) is 51.2 Å². The number of hydrogen-bond acceptors (Lipinski definition) is 4. The summed E-state index contributed by atoms with van der Waals surface area (Å²) in [7, 11) is 0. The molecule has 1 N–H and O–H groups in total. The maximum Gasteiger partial charge on any atom is 0.0922 e. The third kappa shape index (κ3) is 4.00. The topological polar surface area (TPSA) is 58.9 Å². The summed E-state index contributed by atoms with van der Waals surface area (Å²) in [4.78, 5) is 11.2. The van der Waals surface area contributed by atoms with Gasteiger partial charge >= 0.3 is 0 Å². The minimum absolute atomic E-state index is 0.0887. The Labute approximate surface area is 195 Å². The molecule has 1 heterocycles. The van der Waals surface area contributed by atoms with E-state index in [4.69, 9.17) is 4.74 Å². The number of ether oxygens (including phenoxy) is 1. The fourth-order valence-corrected chi connectivity index (χ4v) is 9.82. The molecule has 4 nitrogen and oxygen atoms in total. The van der Waals surface area contributed by atoms with E-state index in [9.17, 15) is 10.0 Å². The van der Waals surface area contributed by atoms with E-state index in [0.29, 0.717) is 16.7 Å². The van der Waals surface area contributed by atoms with Gasteiger partial charge in [0.05, 0.1) is 12.1 Å². The van der Waals surface area contributed by atoms with Crippen molar-refractivity contribution in [2.75, 3.05) is 13.2 Å². The van der Waals surface area contributed by atoms with Crippen molar-refractivity contribution >= 4 is 0 Å². The Morgan fingerprint density at radius 3 is 2.47 bits per heavy atom. The maximum atomic E-state index is 11.2. The first-order valence-electron chi connectivity index (χ1n) is 14.0. The molecule has 1 aliphatic heterocycles. The fraction of sp³-hybridized carbons (Fsp3) is 1.00. The molecule has 0 aromatic heterocycles. The van der Waals surface area contributed by atoms with Gasteiger partial charge in [0.15, 0.2) is 0 Å². The summed E-state index contributed by atoms with van der Waals surface area (Å²) < 4.78 is 5.47. The molecule has 9 atom stereocenters. The van der Waals surface area contributed by atoms with Crippen LogP contribution in [0.4, 0.5) is 0 Å². The molecule has 5 fully saturated rings. The molecule has 4 heteroatoms. The lowest BCUT2D eigenvalue weighted by atomic mass is 9.44. The average molecular weight is 446 g/mol. The number of nitroso groups, excluding NO2 is 1. The summed E-state index contributed by atoms with van der Waals surface area (Å²) in [6.07, 6.45) is 17.2. The molecule has 0 aromatic rings. The van der Waals surface area contributed by atoms with Crippen LogP contribution in [0.2, 0.25) is 0 Å². The summed E-state index contributed by atoms with van der Waals surface area (Å²) in [5, 5.41) is 14.1. The Hall–Kier alpha value is -0.480. The lowest BCUT2D eigenvalue weighted by molar-refractivity contribution is -0.113. The SMILES string of the molecule is CC12CCC3C(CCC4CC(N=O)CCC43C)C1CCC2CCCC(O)C1CCOCC1. The van der Waals surface area contributed by atoms with Crippen molar-refractivity contribution in [3.05, 3.63) is 4.91 Å². The molecule has 32 heavy (non-hydrogen) atoms. The normalized spacial score (nSPS) is 47.8. The highest BCUT2D eigenvalue weighted by molar-refractivity contribution is 5.09. The van der Waals surface area contributed by atoms with Gasteiger partial charge in [0.1, 0.15) is 0 Å². The summed E-state index contributed by atoms with van der Waals surface area (Å²) in [5.41, 5.74) is 0.979. The van der Waals surface area contributed by atoms with E-state index < -0.39 is 0 Å². The Bertz CT molecular complexity index is 663. The van der Waals surface area contributed by atoms with E-state index in [-0.39, 0.29) is 12.1 Å². The van der Waals surface area contributed by atoms with Gasteiger partial charge < -0.3 is 9.84 Å². The zero-order chi connectivity index (χ0) is 22.3. The second-order valence-electron chi connectivity index (χ2n) is 13.0. The molecule has 5 aliphatic rings. The van der Waals surface area contributed by atoms with Gasteiger partial charge in [-0.25, -0.2) is 0 Å². The van der Waals surface area contributed by atoms with E-state index in [1.165, 1.54) is 57.8 Å². The van der Waals surface area contributed by atoms with Gasteiger partial charge in [0.2, 0.25) is 0 Å². The summed E-state index contributed by atoms with van der Waals surface area (Å²) in [6.45, 7) is 6.89. The maximum absolute atomic E-state index is 11.2. The highest BCUT2D eigenvalue weighted by Crippen LogP contribution is 2.68. The van der Waals surface area contributed by atoms with Gasteiger partial charge in [-0.3, -0.25) is 0 Å². The quantitative estimate of drug-likeness (QED) is 0.461. The van der Waals surface area contributed by atoms with Crippen molar-refractivity contribution in [1.29, 1.82) is 0 Å². The van der Waals surface area contributed by atoms with Crippen LogP contribution < -0.4 is 0 Å². The van der Waals surface area contributed by atoms with Crippen molar-refractivity contribution < 1.29 is 9.84 Å². The number of hydrogen-bond donors (Lipinski definition) is 1. The third-order valence-electron chi connectivity index (χ3n) is 11.8. The van der Waals surface area contributed by atoms with Gasteiger partial charge in [0, 0.05) is 13.2 Å². The van der Waals surface area contributed by atoms with Crippen LogP contribution in [0.1, 0.15) is 104 Å². The predicted octanol–water partition coefficient (Wildman–Crippen LogP) is 6.74. The average Bonchev–Trinajstić information content (AvgIpc) is 3.15. The van der Waals surface area contributed by atoms with Crippen molar-refractivity contribution in [1.82, 2.24) is 0 Å². The molecule has 0 amide bonds. The largest absolute Gasteiger partial charge is 0.393 e. The Morgan fingerprint density at radius 1 is 0.938 bits per heavy atom. The molecule has 0 radical (unpaired) electrons. The zero-order valence-corrected chi connectivity index (χ0v) is 20.6. The van der Waals surface area contributed by atoms with Gasteiger partial charge in [-0.2, -0.15) is 4.91 Å². The zero-order valence-electron chi connectivity index (χ0n) is 20.6. The van der Waals surface area contributed by atoms with Crippen LogP contribution in [0.3, 0.4) is 0 Å². The number of fused-ring (bicyclic) bond motifs is 5. The molecule has 0 spiro atoms. The summed E-state index contributed by atoms with van der Waals surface area (Å²) in [5.74, 6) is 4.75. The molecule has 9 unspecified atom stereocenters. The van der Waals surface area contributed by atoms with E-state index in [0.717, 1.165) is 74.9 Å². The molecule has 182 valence electrons. The lowest BCUT2D eigenvalue weighted by Crippen LogP contribution is -2.53. The summed E-state index contributed by atoms with van der Waals surface area (Å²) in [6, 6.07) is 0.0887. The third-order valence-corrected chi connectivity index (χ3v) is 11.8. The van der Waals surface area contributed by atoms with E-state index in [1.54, 1.807) is 0 Å². The molecule has 5 rings (SSSR count). The Balaban J connectivity index is 1.19. The molecule has 1 saturated heterocycles. The first-order chi connectivity index (χ1) is 15.5. The molecule has 4 saturated carbocycles. The van der Waals surface area contributed by atoms with Crippen LogP contribution >= 0.6 is 0 Å². The second-order valence-corrected chi connectivity index (χ2v) is 13.0. The van der Waals surface area contributed by atoms with Crippen molar-refractivity contribution in [2.24, 2.45) is 51.5 Å². The minimum Gasteiger partial charge on any atom is -0.393 e. The Morgan fingerprint density at radius 2 is 1.69 bits per heavy atom. The van der Waals surface area contributed by atoms with Crippen LogP contribution in [0.25, 0.3) is 0 Å². The predicted molar refractivity (Wildman–Crippen MR) is 128 cm³/mol. The molecule has 0 aromatic carbocycles. The number of nitrogens with zero attached hydrogens (tertiary/aromatic N) is 1. The monoisotopic (exact) mass is 445 g/mol. The number of aliphatic hydroxyl groups excluding tert-OH is 1. The standard InChI is InChI=1S/C28H47NO3/c1-27-15-11-25-23(8-6-21-18-22(29-31)10-14-28(21,25)2)24(27)9-7-20(27)4-3-5-26(30)19-12-16-32-17-13-19/h19-26,30H,3-18H2,1-2H3. The number of rotatable bonds is 6. The van der Waals surface area contributed by atoms with E-state index >= 15 is 0 Å². The van der Waals surface area contributed by atoms with Gasteiger partial charge in [-0.1, -0.05) is 25.4 Å². The molecular formula is C28H47NO3. The molecular weight excluding hydrogens is 398 g/mol. The molecule has 4 aliphatic carbocycles. The van der Waals surface area contributed by atoms with Crippen LogP contribution in [0.5, 0.6) is 0 Å². The first-order valence-corrected chi connectivity index (χ1v) is 14.0. The summed E-state index contributed by atoms with van der Waals surface area (Å²) >= 11 is 0. The van der Waals surface area contributed by atoms with Gasteiger partial charge in [-0.15, -0.1) is 0 Å². The van der Waals surface area contributed by atoms with Gasteiger partial charge in [0.25, 0.3) is 0 Å².